The van der Waals surface area contributed by atoms with Crippen molar-refractivity contribution in [3.8, 4) is 33.8 Å². The molecule has 6 rings (SSSR count). The summed E-state index contributed by atoms with van der Waals surface area (Å²) >= 11 is 0. The van der Waals surface area contributed by atoms with Crippen molar-refractivity contribution in [3.63, 3.8) is 0 Å². The molecule has 0 atom stereocenters. The Balaban J connectivity index is 1.38. The zero-order valence-electron chi connectivity index (χ0n) is 20.8. The Morgan fingerprint density at radius 1 is 0.919 bits per heavy atom. The van der Waals surface area contributed by atoms with Gasteiger partial charge in [-0.15, -0.1) is 0 Å². The predicted molar refractivity (Wildman–Crippen MR) is 150 cm³/mol. The lowest BCUT2D eigenvalue weighted by molar-refractivity contribution is 0.645. The van der Waals surface area contributed by atoms with Crippen LogP contribution in [0.5, 0.6) is 0 Å². The van der Waals surface area contributed by atoms with Crippen LogP contribution in [0.4, 0.5) is 5.69 Å². The number of nitrogens with one attached hydrogen (secondary N) is 3. The van der Waals surface area contributed by atoms with Crippen LogP contribution >= 0.6 is 0 Å². The van der Waals surface area contributed by atoms with E-state index < -0.39 is 0 Å². The topological polar surface area (TPSA) is 95.2 Å². The van der Waals surface area contributed by atoms with Gasteiger partial charge in [-0.3, -0.25) is 20.1 Å². The smallest absolute Gasteiger partial charge is 0.116 e. The van der Waals surface area contributed by atoms with Crippen molar-refractivity contribution in [2.45, 2.75) is 20.3 Å². The first kappa shape index (κ1) is 22.7. The molecular weight excluding hydrogens is 458 g/mol. The number of fused-ring (bicyclic) bond motifs is 2. The van der Waals surface area contributed by atoms with Crippen molar-refractivity contribution in [2.24, 2.45) is 5.92 Å². The molecule has 5 aromatic heterocycles. The first-order valence-corrected chi connectivity index (χ1v) is 12.3. The maximum Gasteiger partial charge on any atom is 0.116 e. The second kappa shape index (κ2) is 9.35. The lowest BCUT2D eigenvalue weighted by Crippen LogP contribution is -2.02. The first-order chi connectivity index (χ1) is 18.0. The van der Waals surface area contributed by atoms with E-state index in [-0.39, 0.29) is 0 Å². The molecule has 3 N–H and O–H groups in total. The number of aromatic nitrogens is 6. The van der Waals surface area contributed by atoms with Crippen molar-refractivity contribution < 1.29 is 0 Å². The molecule has 0 aliphatic carbocycles. The predicted octanol–water partition coefficient (Wildman–Crippen LogP) is 7.20. The summed E-state index contributed by atoms with van der Waals surface area (Å²) in [5, 5.41) is 13.3. The third-order valence-corrected chi connectivity index (χ3v) is 6.37. The van der Waals surface area contributed by atoms with E-state index in [0.717, 1.165) is 73.4 Å². The van der Waals surface area contributed by atoms with Crippen LogP contribution in [0, 0.1) is 5.92 Å². The minimum absolute atomic E-state index is 0.533. The van der Waals surface area contributed by atoms with Crippen molar-refractivity contribution >= 4 is 27.5 Å². The molecule has 0 spiro atoms. The summed E-state index contributed by atoms with van der Waals surface area (Å²) < 4.78 is 0. The molecule has 7 heteroatoms. The van der Waals surface area contributed by atoms with Crippen LogP contribution in [0.25, 0.3) is 55.6 Å². The van der Waals surface area contributed by atoms with Gasteiger partial charge < -0.3 is 10.3 Å². The number of nitrogens with zero attached hydrogens (tertiary/aromatic N) is 4. The van der Waals surface area contributed by atoms with Gasteiger partial charge in [-0.25, -0.2) is 0 Å². The van der Waals surface area contributed by atoms with Crippen molar-refractivity contribution in [1.29, 1.82) is 0 Å². The van der Waals surface area contributed by atoms with Crippen molar-refractivity contribution in [2.75, 3.05) is 5.32 Å². The van der Waals surface area contributed by atoms with E-state index >= 15 is 0 Å². The lowest BCUT2D eigenvalue weighted by Gasteiger charge is -2.12. The van der Waals surface area contributed by atoms with Gasteiger partial charge >= 0.3 is 0 Å². The molecule has 0 aliphatic heterocycles. The fourth-order valence-electron chi connectivity index (χ4n) is 4.74. The van der Waals surface area contributed by atoms with Gasteiger partial charge in [-0.2, -0.15) is 5.10 Å². The highest BCUT2D eigenvalue weighted by atomic mass is 15.1. The first-order valence-electron chi connectivity index (χ1n) is 12.3. The van der Waals surface area contributed by atoms with Gasteiger partial charge in [-0.1, -0.05) is 32.6 Å². The molecule has 1 aromatic carbocycles. The second-order valence-corrected chi connectivity index (χ2v) is 9.66. The minimum atomic E-state index is 0.533. The molecule has 0 fully saturated rings. The highest BCUT2D eigenvalue weighted by Crippen LogP contribution is 2.34. The average Bonchev–Trinajstić information content (AvgIpc) is 3.52. The Kier molecular flexibility index (Phi) is 5.73. The zero-order valence-corrected chi connectivity index (χ0v) is 20.8. The van der Waals surface area contributed by atoms with E-state index in [2.05, 4.69) is 92.3 Å². The number of allylic oxidation sites excluding steroid dienone is 1. The monoisotopic (exact) mass is 485 g/mol. The van der Waals surface area contributed by atoms with Crippen LogP contribution in [0.1, 0.15) is 20.3 Å². The van der Waals surface area contributed by atoms with E-state index in [9.17, 15) is 0 Å². The fourth-order valence-corrected chi connectivity index (χ4v) is 4.74. The summed E-state index contributed by atoms with van der Waals surface area (Å²) in [6, 6.07) is 16.6. The fraction of sp³-hybridized carbons (Fsp3) is 0.133. The molecule has 6 aromatic rings. The molecule has 0 bridgehead atoms. The Hall–Kier alpha value is -4.78. The van der Waals surface area contributed by atoms with Crippen LogP contribution in [-0.4, -0.2) is 30.1 Å². The minimum Gasteiger partial charge on any atom is -0.358 e. The van der Waals surface area contributed by atoms with E-state index in [4.69, 9.17) is 0 Å². The number of pyridine rings is 3. The summed E-state index contributed by atoms with van der Waals surface area (Å²) in [6.07, 6.45) is 9.99. The van der Waals surface area contributed by atoms with Gasteiger partial charge in [0.15, 0.2) is 0 Å². The third kappa shape index (κ3) is 4.47. The SMILES string of the molecule is C=C(CC(C)C)Nc1cncc(-c2cc3c(-c4cc5c(-c6ccncc6)cccc5[nH]4)n[nH]c3cn2)c1. The maximum absolute atomic E-state index is 4.67. The van der Waals surface area contributed by atoms with Crippen LogP contribution in [0.2, 0.25) is 0 Å². The quantitative estimate of drug-likeness (QED) is 0.222. The van der Waals surface area contributed by atoms with E-state index in [1.807, 2.05) is 43.1 Å². The normalized spacial score (nSPS) is 11.4. The number of hydrogen-bond acceptors (Lipinski definition) is 5. The van der Waals surface area contributed by atoms with Gasteiger partial charge in [0.25, 0.3) is 0 Å². The molecule has 0 unspecified atom stereocenters. The number of aromatic amines is 2. The zero-order chi connectivity index (χ0) is 25.4. The van der Waals surface area contributed by atoms with Gasteiger partial charge in [0.05, 0.1) is 35.0 Å². The number of hydrogen-bond donors (Lipinski definition) is 3. The molecule has 0 radical (unpaired) electrons. The Labute approximate surface area is 214 Å². The van der Waals surface area contributed by atoms with Gasteiger partial charge in [-0.05, 0) is 59.9 Å². The van der Waals surface area contributed by atoms with E-state index in [1.54, 1.807) is 0 Å². The molecular formula is C30H27N7. The summed E-state index contributed by atoms with van der Waals surface area (Å²) in [6.45, 7) is 8.50. The molecule has 5 heterocycles. The second-order valence-electron chi connectivity index (χ2n) is 9.66. The summed E-state index contributed by atoms with van der Waals surface area (Å²) in [5.41, 5.74) is 9.62. The number of anilines is 1. The molecule has 37 heavy (non-hydrogen) atoms. The Morgan fingerprint density at radius 3 is 2.62 bits per heavy atom. The number of rotatable bonds is 7. The summed E-state index contributed by atoms with van der Waals surface area (Å²) in [4.78, 5) is 16.8. The largest absolute Gasteiger partial charge is 0.358 e. The van der Waals surface area contributed by atoms with Crippen LogP contribution in [0.3, 0.4) is 0 Å². The molecule has 0 amide bonds. The van der Waals surface area contributed by atoms with Crippen LogP contribution in [0.15, 0.2) is 91.8 Å². The highest BCUT2D eigenvalue weighted by molar-refractivity contribution is 6.01. The summed E-state index contributed by atoms with van der Waals surface area (Å²) in [5.74, 6) is 0.533. The molecule has 7 nitrogen and oxygen atoms in total. The Bertz CT molecular complexity index is 1730. The van der Waals surface area contributed by atoms with E-state index in [0.29, 0.717) is 5.92 Å². The van der Waals surface area contributed by atoms with Gasteiger partial charge in [0, 0.05) is 46.1 Å². The average molecular weight is 486 g/mol. The van der Waals surface area contributed by atoms with E-state index in [1.165, 1.54) is 0 Å². The molecule has 0 aliphatic rings. The molecule has 182 valence electrons. The Morgan fingerprint density at radius 2 is 1.78 bits per heavy atom. The van der Waals surface area contributed by atoms with Gasteiger partial charge in [0.2, 0.25) is 0 Å². The standard InChI is InChI=1S/C30H27N7/c1-18(2)11-19(3)34-22-12-21(15-32-16-22)27-14-25-29(17-33-27)36-37-30(25)28-13-24-23(5-4-6-26(24)35-28)20-7-9-31-10-8-20/h4-10,12-18,34-35H,3,11H2,1-2H3,(H,36,37). The van der Waals surface area contributed by atoms with Crippen molar-refractivity contribution in [3.05, 3.63) is 91.8 Å². The third-order valence-electron chi connectivity index (χ3n) is 6.37. The number of H-pyrrole nitrogens is 2. The molecule has 0 saturated heterocycles. The number of benzene rings is 1. The van der Waals surface area contributed by atoms with Crippen LogP contribution in [-0.2, 0) is 0 Å². The van der Waals surface area contributed by atoms with Crippen LogP contribution < -0.4 is 5.32 Å². The summed E-state index contributed by atoms with van der Waals surface area (Å²) in [7, 11) is 0. The van der Waals surface area contributed by atoms with Crippen molar-refractivity contribution in [1.82, 2.24) is 30.1 Å². The molecule has 0 saturated carbocycles. The van der Waals surface area contributed by atoms with Gasteiger partial charge in [0.1, 0.15) is 5.69 Å². The maximum atomic E-state index is 4.67. The lowest BCUT2D eigenvalue weighted by atomic mass is 10.0. The highest BCUT2D eigenvalue weighted by Gasteiger charge is 2.15.